The highest BCUT2D eigenvalue weighted by Crippen LogP contribution is 2.31. The Balaban J connectivity index is 2.99. The Hall–Kier alpha value is -1.51. The molecule has 1 aromatic carbocycles. The first-order valence-electron chi connectivity index (χ1n) is 4.93. The monoisotopic (exact) mass is 208 g/mol. The van der Waals surface area contributed by atoms with Crippen molar-refractivity contribution in [2.45, 2.75) is 19.8 Å². The molecule has 0 aliphatic carbocycles. The SMILES string of the molecule is COc1ccccc1[C@H](C)[C@H](C)C(=O)O. The minimum absolute atomic E-state index is 0.0568. The number of hydrogen-bond acceptors (Lipinski definition) is 2. The zero-order valence-electron chi connectivity index (χ0n) is 9.23. The van der Waals surface area contributed by atoms with Gasteiger partial charge in [0, 0.05) is 0 Å². The quantitative estimate of drug-likeness (QED) is 0.827. The number of aliphatic carboxylic acids is 1. The van der Waals surface area contributed by atoms with E-state index in [0.717, 1.165) is 11.3 Å². The number of carbonyl (C=O) groups is 1. The van der Waals surface area contributed by atoms with Crippen molar-refractivity contribution in [3.8, 4) is 5.75 Å². The maximum absolute atomic E-state index is 10.9. The van der Waals surface area contributed by atoms with Crippen LogP contribution in [0.4, 0.5) is 0 Å². The summed E-state index contributed by atoms with van der Waals surface area (Å²) in [7, 11) is 1.59. The fourth-order valence-corrected chi connectivity index (χ4v) is 1.53. The highest BCUT2D eigenvalue weighted by Gasteiger charge is 2.23. The summed E-state index contributed by atoms with van der Waals surface area (Å²) < 4.78 is 5.20. The Labute approximate surface area is 89.7 Å². The zero-order chi connectivity index (χ0) is 11.4. The van der Waals surface area contributed by atoms with Crippen molar-refractivity contribution in [1.29, 1.82) is 0 Å². The Kier molecular flexibility index (Phi) is 3.72. The van der Waals surface area contributed by atoms with Gasteiger partial charge in [-0.05, 0) is 17.5 Å². The maximum Gasteiger partial charge on any atom is 0.306 e. The second kappa shape index (κ2) is 4.82. The number of hydrogen-bond donors (Lipinski definition) is 1. The van der Waals surface area contributed by atoms with Gasteiger partial charge in [-0.3, -0.25) is 4.79 Å². The van der Waals surface area contributed by atoms with Crippen LogP contribution in [0.3, 0.4) is 0 Å². The fourth-order valence-electron chi connectivity index (χ4n) is 1.53. The molecule has 1 N–H and O–H groups in total. The Morgan fingerprint density at radius 3 is 2.47 bits per heavy atom. The molecular formula is C12H16O3. The van der Waals surface area contributed by atoms with E-state index in [0.29, 0.717) is 0 Å². The summed E-state index contributed by atoms with van der Waals surface area (Å²) >= 11 is 0. The first kappa shape index (κ1) is 11.6. The predicted octanol–water partition coefficient (Wildman–Crippen LogP) is 2.52. The van der Waals surface area contributed by atoms with Crippen LogP contribution in [0.5, 0.6) is 5.75 Å². The van der Waals surface area contributed by atoms with Crippen LogP contribution in [0.15, 0.2) is 24.3 Å². The van der Waals surface area contributed by atoms with Gasteiger partial charge in [-0.2, -0.15) is 0 Å². The summed E-state index contributed by atoms with van der Waals surface area (Å²) in [4.78, 5) is 10.9. The van der Waals surface area contributed by atoms with Crippen molar-refractivity contribution in [2.24, 2.45) is 5.92 Å². The van der Waals surface area contributed by atoms with Crippen LogP contribution in [0.25, 0.3) is 0 Å². The van der Waals surface area contributed by atoms with E-state index in [1.54, 1.807) is 14.0 Å². The molecule has 0 aliphatic rings. The fraction of sp³-hybridized carbons (Fsp3) is 0.417. The number of para-hydroxylation sites is 1. The van der Waals surface area contributed by atoms with Gasteiger partial charge in [-0.25, -0.2) is 0 Å². The van der Waals surface area contributed by atoms with E-state index in [9.17, 15) is 4.79 Å². The normalized spacial score (nSPS) is 14.3. The van der Waals surface area contributed by atoms with Crippen LogP contribution in [0.2, 0.25) is 0 Å². The van der Waals surface area contributed by atoms with Crippen LogP contribution in [-0.4, -0.2) is 18.2 Å². The lowest BCUT2D eigenvalue weighted by atomic mass is 9.88. The van der Waals surface area contributed by atoms with Gasteiger partial charge < -0.3 is 9.84 Å². The van der Waals surface area contributed by atoms with E-state index in [1.807, 2.05) is 31.2 Å². The molecule has 1 aromatic rings. The molecule has 0 unspecified atom stereocenters. The minimum atomic E-state index is -0.784. The number of carboxylic acid groups (broad SMARTS) is 1. The molecule has 15 heavy (non-hydrogen) atoms. The lowest BCUT2D eigenvalue weighted by Crippen LogP contribution is -2.17. The van der Waals surface area contributed by atoms with Crippen LogP contribution in [-0.2, 0) is 4.79 Å². The number of ether oxygens (including phenoxy) is 1. The van der Waals surface area contributed by atoms with E-state index in [2.05, 4.69) is 0 Å². The highest BCUT2D eigenvalue weighted by atomic mass is 16.5. The molecular weight excluding hydrogens is 192 g/mol. The van der Waals surface area contributed by atoms with Gasteiger partial charge in [0.2, 0.25) is 0 Å². The third-order valence-corrected chi connectivity index (χ3v) is 2.77. The van der Waals surface area contributed by atoms with Crippen molar-refractivity contribution in [1.82, 2.24) is 0 Å². The molecule has 0 heterocycles. The lowest BCUT2D eigenvalue weighted by Gasteiger charge is -2.18. The molecule has 0 aliphatic heterocycles. The van der Waals surface area contributed by atoms with Gasteiger partial charge in [0.1, 0.15) is 5.75 Å². The first-order valence-corrected chi connectivity index (χ1v) is 4.93. The van der Waals surface area contributed by atoms with Crippen molar-refractivity contribution >= 4 is 5.97 Å². The third-order valence-electron chi connectivity index (χ3n) is 2.77. The minimum Gasteiger partial charge on any atom is -0.496 e. The molecule has 1 rings (SSSR count). The van der Waals surface area contributed by atoms with Gasteiger partial charge >= 0.3 is 5.97 Å². The molecule has 0 bridgehead atoms. The molecule has 0 saturated heterocycles. The topological polar surface area (TPSA) is 46.5 Å². The largest absolute Gasteiger partial charge is 0.496 e. The molecule has 0 aromatic heterocycles. The van der Waals surface area contributed by atoms with Gasteiger partial charge in [-0.1, -0.05) is 32.0 Å². The van der Waals surface area contributed by atoms with E-state index in [-0.39, 0.29) is 5.92 Å². The summed E-state index contributed by atoms with van der Waals surface area (Å²) in [6.45, 7) is 3.61. The Morgan fingerprint density at radius 1 is 1.33 bits per heavy atom. The summed E-state index contributed by atoms with van der Waals surface area (Å²) in [6, 6.07) is 7.52. The number of methoxy groups -OCH3 is 1. The average Bonchev–Trinajstić information content (AvgIpc) is 2.26. The van der Waals surface area contributed by atoms with Gasteiger partial charge in [0.05, 0.1) is 13.0 Å². The van der Waals surface area contributed by atoms with Gasteiger partial charge in [0.25, 0.3) is 0 Å². The van der Waals surface area contributed by atoms with E-state index in [1.165, 1.54) is 0 Å². The van der Waals surface area contributed by atoms with E-state index < -0.39 is 11.9 Å². The third kappa shape index (κ3) is 2.49. The second-order valence-electron chi connectivity index (χ2n) is 3.66. The standard InChI is InChI=1S/C12H16O3/c1-8(9(2)12(13)14)10-6-4-5-7-11(10)15-3/h4-9H,1-3H3,(H,13,14)/t8-,9+/m1/s1. The summed E-state index contributed by atoms with van der Waals surface area (Å²) in [6.07, 6.45) is 0. The first-order chi connectivity index (χ1) is 7.07. The predicted molar refractivity (Wildman–Crippen MR) is 58.2 cm³/mol. The number of rotatable bonds is 4. The van der Waals surface area contributed by atoms with E-state index in [4.69, 9.17) is 9.84 Å². The smallest absolute Gasteiger partial charge is 0.306 e. The van der Waals surface area contributed by atoms with Gasteiger partial charge in [0.15, 0.2) is 0 Å². The molecule has 2 atom stereocenters. The summed E-state index contributed by atoms with van der Waals surface area (Å²) in [5.41, 5.74) is 0.940. The molecule has 3 nitrogen and oxygen atoms in total. The molecule has 3 heteroatoms. The Bertz CT molecular complexity index is 346. The highest BCUT2D eigenvalue weighted by molar-refractivity contribution is 5.71. The molecule has 0 saturated carbocycles. The molecule has 0 spiro atoms. The molecule has 0 amide bonds. The summed E-state index contributed by atoms with van der Waals surface area (Å²) in [5, 5.41) is 8.94. The summed E-state index contributed by atoms with van der Waals surface area (Å²) in [5.74, 6) is -0.508. The molecule has 0 radical (unpaired) electrons. The number of benzene rings is 1. The van der Waals surface area contributed by atoms with Gasteiger partial charge in [-0.15, -0.1) is 0 Å². The van der Waals surface area contributed by atoms with Crippen molar-refractivity contribution in [3.63, 3.8) is 0 Å². The van der Waals surface area contributed by atoms with Crippen LogP contribution < -0.4 is 4.74 Å². The van der Waals surface area contributed by atoms with E-state index >= 15 is 0 Å². The van der Waals surface area contributed by atoms with Crippen LogP contribution in [0, 0.1) is 5.92 Å². The maximum atomic E-state index is 10.9. The van der Waals surface area contributed by atoms with Crippen molar-refractivity contribution in [3.05, 3.63) is 29.8 Å². The second-order valence-corrected chi connectivity index (χ2v) is 3.66. The zero-order valence-corrected chi connectivity index (χ0v) is 9.23. The van der Waals surface area contributed by atoms with Crippen LogP contribution in [0.1, 0.15) is 25.3 Å². The van der Waals surface area contributed by atoms with Crippen molar-refractivity contribution < 1.29 is 14.6 Å². The lowest BCUT2D eigenvalue weighted by molar-refractivity contribution is -0.141. The van der Waals surface area contributed by atoms with Crippen LogP contribution >= 0.6 is 0 Å². The average molecular weight is 208 g/mol. The number of carboxylic acids is 1. The molecule has 82 valence electrons. The van der Waals surface area contributed by atoms with Crippen molar-refractivity contribution in [2.75, 3.05) is 7.11 Å². The molecule has 0 fully saturated rings. The Morgan fingerprint density at radius 2 is 1.93 bits per heavy atom.